The molecule has 0 aliphatic carbocycles. The van der Waals surface area contributed by atoms with Crippen LogP contribution < -0.4 is 5.32 Å². The predicted octanol–water partition coefficient (Wildman–Crippen LogP) is 0.867. The molecule has 0 saturated carbocycles. The van der Waals surface area contributed by atoms with Gasteiger partial charge in [-0.15, -0.1) is 0 Å². The van der Waals surface area contributed by atoms with E-state index in [2.05, 4.69) is 0 Å². The van der Waals surface area contributed by atoms with E-state index >= 15 is 0 Å². The molecule has 0 bridgehead atoms. The van der Waals surface area contributed by atoms with Gasteiger partial charge in [-0.2, -0.15) is 8.78 Å². The van der Waals surface area contributed by atoms with Gasteiger partial charge < -0.3 is 10.4 Å². The van der Waals surface area contributed by atoms with Crippen LogP contribution in [0.4, 0.5) is 8.78 Å². The van der Waals surface area contributed by atoms with Crippen LogP contribution in [0.15, 0.2) is 0 Å². The Bertz CT molecular complexity index is 219. The molecule has 0 rings (SSSR count). The van der Waals surface area contributed by atoms with Gasteiger partial charge in [-0.25, -0.2) is 4.79 Å². The van der Waals surface area contributed by atoms with Gasteiger partial charge in [0, 0.05) is 0 Å². The van der Waals surface area contributed by atoms with Crippen LogP contribution in [-0.2, 0) is 9.59 Å². The fourth-order valence-corrected chi connectivity index (χ4v) is 0.928. The number of carboxylic acid groups (broad SMARTS) is 1. The summed E-state index contributed by atoms with van der Waals surface area (Å²) in [5.74, 6) is -2.83. The maximum Gasteiger partial charge on any atom is 0.326 e. The van der Waals surface area contributed by atoms with Gasteiger partial charge >= 0.3 is 12.4 Å². The summed E-state index contributed by atoms with van der Waals surface area (Å²) in [6, 6.07) is -1.24. The van der Waals surface area contributed by atoms with Gasteiger partial charge in [-0.05, 0) is 12.3 Å². The highest BCUT2D eigenvalue weighted by Crippen LogP contribution is 2.05. The summed E-state index contributed by atoms with van der Waals surface area (Å²) in [5, 5.41) is 10.4. The summed E-state index contributed by atoms with van der Waals surface area (Å²) < 4.78 is 23.6. The molecule has 2 N–H and O–H groups in total. The molecule has 14 heavy (non-hydrogen) atoms. The van der Waals surface area contributed by atoms with E-state index in [0.717, 1.165) is 0 Å². The fraction of sp³-hybridized carbons (Fsp3) is 0.750. The normalized spacial score (nSPS) is 13.0. The molecule has 4 nitrogen and oxygen atoms in total. The average Bonchev–Trinajstić information content (AvgIpc) is 2.01. The number of carbonyl (C=O) groups excluding carboxylic acids is 1. The molecule has 0 spiro atoms. The maximum absolute atomic E-state index is 11.8. The first-order valence-corrected chi connectivity index (χ1v) is 4.16. The predicted molar refractivity (Wildman–Crippen MR) is 45.0 cm³/mol. The molecule has 82 valence electrons. The molecule has 1 unspecified atom stereocenters. The van der Waals surface area contributed by atoms with Crippen LogP contribution in [0, 0.1) is 5.92 Å². The van der Waals surface area contributed by atoms with Gasteiger partial charge in [0.25, 0.3) is 5.91 Å². The lowest BCUT2D eigenvalue weighted by atomic mass is 10.0. The fourth-order valence-electron chi connectivity index (χ4n) is 0.928. The zero-order chi connectivity index (χ0) is 11.3. The van der Waals surface area contributed by atoms with Gasteiger partial charge in [-0.3, -0.25) is 4.79 Å². The molecule has 1 amide bonds. The van der Waals surface area contributed by atoms with Gasteiger partial charge in [-0.1, -0.05) is 13.8 Å². The number of amides is 1. The van der Waals surface area contributed by atoms with E-state index in [1.807, 2.05) is 0 Å². The van der Waals surface area contributed by atoms with Gasteiger partial charge in [0.2, 0.25) is 0 Å². The third-order valence-electron chi connectivity index (χ3n) is 1.52. The number of aliphatic carboxylic acids is 1. The molecular weight excluding hydrogens is 196 g/mol. The lowest BCUT2D eigenvalue weighted by molar-refractivity contribution is -0.144. The molecule has 0 aromatic rings. The van der Waals surface area contributed by atoms with E-state index in [1.165, 1.54) is 0 Å². The van der Waals surface area contributed by atoms with Crippen LogP contribution >= 0.6 is 0 Å². The first kappa shape index (κ1) is 12.8. The van der Waals surface area contributed by atoms with Crippen molar-refractivity contribution in [3.05, 3.63) is 0 Å². The number of hydrogen-bond donors (Lipinski definition) is 2. The number of carboxylic acids is 1. The van der Waals surface area contributed by atoms with Crippen molar-refractivity contribution in [3.63, 3.8) is 0 Å². The molecular formula is C8H13F2NO3. The lowest BCUT2D eigenvalue weighted by Crippen LogP contribution is -2.44. The first-order valence-electron chi connectivity index (χ1n) is 4.16. The standard InChI is InChI=1S/C8H13F2NO3/c1-4(2)3-5(8(13)14)11-7(12)6(9)10/h4-6H,3H2,1-2H3,(H,11,12)(H,13,14). The Morgan fingerprint density at radius 3 is 2.14 bits per heavy atom. The Hall–Kier alpha value is -1.20. The number of halogens is 2. The highest BCUT2D eigenvalue weighted by Gasteiger charge is 2.25. The molecule has 0 fully saturated rings. The van der Waals surface area contributed by atoms with Crippen LogP contribution in [0.1, 0.15) is 20.3 Å². The SMILES string of the molecule is CC(C)CC(NC(=O)C(F)F)C(=O)O. The van der Waals surface area contributed by atoms with Crippen LogP contribution in [0.25, 0.3) is 0 Å². The number of carbonyl (C=O) groups is 2. The number of nitrogens with one attached hydrogen (secondary N) is 1. The summed E-state index contributed by atoms with van der Waals surface area (Å²) in [5.41, 5.74) is 0. The molecule has 0 aromatic heterocycles. The van der Waals surface area contributed by atoms with Crippen molar-refractivity contribution in [2.24, 2.45) is 5.92 Å². The molecule has 0 aliphatic heterocycles. The minimum atomic E-state index is -3.18. The van der Waals surface area contributed by atoms with Crippen LogP contribution in [-0.4, -0.2) is 29.5 Å². The van der Waals surface area contributed by atoms with E-state index in [0.29, 0.717) is 0 Å². The van der Waals surface area contributed by atoms with E-state index in [4.69, 9.17) is 5.11 Å². The summed E-state index contributed by atoms with van der Waals surface area (Å²) >= 11 is 0. The van der Waals surface area contributed by atoms with E-state index in [1.54, 1.807) is 19.2 Å². The van der Waals surface area contributed by atoms with Gasteiger partial charge in [0.15, 0.2) is 0 Å². The minimum absolute atomic E-state index is 0.00840. The van der Waals surface area contributed by atoms with Gasteiger partial charge in [0.05, 0.1) is 0 Å². The zero-order valence-corrected chi connectivity index (χ0v) is 7.96. The zero-order valence-electron chi connectivity index (χ0n) is 7.96. The second-order valence-corrected chi connectivity index (χ2v) is 3.33. The minimum Gasteiger partial charge on any atom is -0.480 e. The molecule has 0 heterocycles. The van der Waals surface area contributed by atoms with Crippen molar-refractivity contribution in [3.8, 4) is 0 Å². The van der Waals surface area contributed by atoms with Crippen molar-refractivity contribution in [2.45, 2.75) is 32.7 Å². The largest absolute Gasteiger partial charge is 0.480 e. The Morgan fingerprint density at radius 2 is 1.86 bits per heavy atom. The summed E-state index contributed by atoms with van der Waals surface area (Å²) in [6.45, 7) is 3.48. The van der Waals surface area contributed by atoms with Crippen molar-refractivity contribution < 1.29 is 23.5 Å². The second kappa shape index (κ2) is 5.51. The third-order valence-corrected chi connectivity index (χ3v) is 1.52. The van der Waals surface area contributed by atoms with E-state index in [9.17, 15) is 18.4 Å². The maximum atomic E-state index is 11.8. The smallest absolute Gasteiger partial charge is 0.326 e. The summed E-state index contributed by atoms with van der Waals surface area (Å²) in [6.07, 6.45) is -3.04. The summed E-state index contributed by atoms with van der Waals surface area (Å²) in [4.78, 5) is 21.0. The third kappa shape index (κ3) is 4.74. The van der Waals surface area contributed by atoms with Crippen molar-refractivity contribution >= 4 is 11.9 Å². The topological polar surface area (TPSA) is 66.4 Å². The van der Waals surface area contributed by atoms with E-state index in [-0.39, 0.29) is 12.3 Å². The quantitative estimate of drug-likeness (QED) is 0.705. The Kier molecular flexibility index (Phi) is 5.04. The molecule has 0 aliphatic rings. The van der Waals surface area contributed by atoms with Crippen LogP contribution in [0.3, 0.4) is 0 Å². The number of alkyl halides is 2. The Balaban J connectivity index is 4.23. The molecule has 1 atom stereocenters. The lowest BCUT2D eigenvalue weighted by Gasteiger charge is -2.15. The van der Waals surface area contributed by atoms with Crippen molar-refractivity contribution in [1.29, 1.82) is 0 Å². The van der Waals surface area contributed by atoms with Gasteiger partial charge in [0.1, 0.15) is 6.04 Å². The number of rotatable bonds is 5. The molecule has 0 saturated heterocycles. The number of hydrogen-bond acceptors (Lipinski definition) is 2. The van der Waals surface area contributed by atoms with Crippen LogP contribution in [0.2, 0.25) is 0 Å². The highest BCUT2D eigenvalue weighted by molar-refractivity contribution is 5.85. The second-order valence-electron chi connectivity index (χ2n) is 3.33. The summed E-state index contributed by atoms with van der Waals surface area (Å²) in [7, 11) is 0. The first-order chi connectivity index (χ1) is 6.34. The Morgan fingerprint density at radius 1 is 1.36 bits per heavy atom. The monoisotopic (exact) mass is 209 g/mol. The highest BCUT2D eigenvalue weighted by atomic mass is 19.3. The van der Waals surface area contributed by atoms with E-state index < -0.39 is 24.3 Å². The average molecular weight is 209 g/mol. The van der Waals surface area contributed by atoms with Crippen molar-refractivity contribution in [2.75, 3.05) is 0 Å². The van der Waals surface area contributed by atoms with Crippen LogP contribution in [0.5, 0.6) is 0 Å². The molecule has 0 aromatic carbocycles. The van der Waals surface area contributed by atoms with Crippen molar-refractivity contribution in [1.82, 2.24) is 5.32 Å². The Labute approximate surface area is 80.3 Å². The molecule has 0 radical (unpaired) electrons. The molecule has 6 heteroatoms.